The third-order valence-corrected chi connectivity index (χ3v) is 3.22. The van der Waals surface area contributed by atoms with Crippen LogP contribution in [0.5, 0.6) is 0 Å². The number of aryl methyl sites for hydroxylation is 1. The van der Waals surface area contributed by atoms with Gasteiger partial charge in [-0.1, -0.05) is 19.1 Å². The second-order valence-corrected chi connectivity index (χ2v) is 4.60. The summed E-state index contributed by atoms with van der Waals surface area (Å²) in [6, 6.07) is 7.61. The molecule has 0 bridgehead atoms. The maximum atomic E-state index is 11.2. The van der Waals surface area contributed by atoms with E-state index in [9.17, 15) is 9.59 Å². The molecule has 17 heavy (non-hydrogen) atoms. The number of Topliss-reactive ketones (excluding diaryl/α,β-unsaturated/α-hetero) is 1. The van der Waals surface area contributed by atoms with Crippen LogP contribution in [0.25, 0.3) is 0 Å². The van der Waals surface area contributed by atoms with Gasteiger partial charge in [-0.25, -0.2) is 4.79 Å². The van der Waals surface area contributed by atoms with E-state index in [1.165, 1.54) is 7.11 Å². The van der Waals surface area contributed by atoms with Crippen molar-refractivity contribution in [1.29, 1.82) is 0 Å². The smallest absolute Gasteiger partial charge is 0.371 e. The summed E-state index contributed by atoms with van der Waals surface area (Å²) in [7, 11) is 1.36. The van der Waals surface area contributed by atoms with E-state index in [1.807, 2.05) is 31.2 Å². The second kappa shape index (κ2) is 7.12. The van der Waals surface area contributed by atoms with Gasteiger partial charge in [0.25, 0.3) is 0 Å². The van der Waals surface area contributed by atoms with E-state index in [0.29, 0.717) is 12.8 Å². The summed E-state index contributed by atoms with van der Waals surface area (Å²) < 4.78 is 4.56. The summed E-state index contributed by atoms with van der Waals surface area (Å²) in [6.07, 6.45) is 1.94. The topological polar surface area (TPSA) is 43.4 Å². The van der Waals surface area contributed by atoms with Crippen molar-refractivity contribution >= 4 is 22.8 Å². The zero-order chi connectivity index (χ0) is 12.7. The van der Waals surface area contributed by atoms with Crippen molar-refractivity contribution in [3.05, 3.63) is 29.8 Å². The van der Waals surface area contributed by atoms with E-state index in [-0.39, 0.29) is 11.1 Å². The molecule has 4 heteroatoms. The number of hydrogen-bond donors (Lipinski definition) is 0. The highest BCUT2D eigenvalue weighted by atomic mass is 32.2. The lowest BCUT2D eigenvalue weighted by molar-refractivity contribution is -0.118. The van der Waals surface area contributed by atoms with Crippen LogP contribution in [0.2, 0.25) is 0 Å². The predicted octanol–water partition coefficient (Wildman–Crippen LogP) is 3.46. The number of ketones is 1. The molecule has 0 amide bonds. The van der Waals surface area contributed by atoms with Crippen LogP contribution >= 0.6 is 11.8 Å². The molecule has 0 saturated heterocycles. The largest absolute Gasteiger partial charge is 0.461 e. The van der Waals surface area contributed by atoms with E-state index in [4.69, 9.17) is 0 Å². The van der Waals surface area contributed by atoms with Gasteiger partial charge in [-0.15, -0.1) is 0 Å². The van der Waals surface area contributed by atoms with Crippen LogP contribution in [-0.2, 0) is 16.0 Å². The quantitative estimate of drug-likeness (QED) is 0.594. The highest BCUT2D eigenvalue weighted by Crippen LogP contribution is 2.20. The Balaban J connectivity index is 2.50. The summed E-state index contributed by atoms with van der Waals surface area (Å²) in [4.78, 5) is 23.0. The summed E-state index contributed by atoms with van der Waals surface area (Å²) in [6.45, 7) is 1.87. The number of benzene rings is 1. The van der Waals surface area contributed by atoms with Gasteiger partial charge in [0, 0.05) is 17.7 Å². The first-order valence-corrected chi connectivity index (χ1v) is 6.33. The first-order valence-electron chi connectivity index (χ1n) is 5.52. The third-order valence-electron chi connectivity index (χ3n) is 2.38. The standard InChI is InChI=1S/C13H16O3S/c1-3-11(14)7-4-10-5-8-12(9-6-10)17-13(15)16-2/h5-6,8-9H,3-4,7H2,1-2H3. The van der Waals surface area contributed by atoms with Crippen LogP contribution in [0.3, 0.4) is 0 Å². The SMILES string of the molecule is CCC(=O)CCc1ccc(SC(=O)OC)cc1. The van der Waals surface area contributed by atoms with Gasteiger partial charge in [-0.3, -0.25) is 4.79 Å². The second-order valence-electron chi connectivity index (χ2n) is 3.59. The lowest BCUT2D eigenvalue weighted by atomic mass is 10.1. The van der Waals surface area contributed by atoms with Crippen LogP contribution in [-0.4, -0.2) is 18.2 Å². The summed E-state index contributed by atoms with van der Waals surface area (Å²) in [5.41, 5.74) is 1.11. The number of carbonyl (C=O) groups excluding carboxylic acids is 2. The van der Waals surface area contributed by atoms with Crippen molar-refractivity contribution in [2.24, 2.45) is 0 Å². The van der Waals surface area contributed by atoms with Crippen molar-refractivity contribution in [2.75, 3.05) is 7.11 Å². The Morgan fingerprint density at radius 3 is 2.41 bits per heavy atom. The van der Waals surface area contributed by atoms with E-state index >= 15 is 0 Å². The Labute approximate surface area is 106 Å². The molecule has 3 nitrogen and oxygen atoms in total. The average molecular weight is 252 g/mol. The Hall–Kier alpha value is -1.29. The van der Waals surface area contributed by atoms with Crippen molar-refractivity contribution < 1.29 is 14.3 Å². The number of carbonyl (C=O) groups is 2. The van der Waals surface area contributed by atoms with E-state index < -0.39 is 0 Å². The third kappa shape index (κ3) is 5.04. The first-order chi connectivity index (χ1) is 8.15. The van der Waals surface area contributed by atoms with Crippen LogP contribution in [0.4, 0.5) is 4.79 Å². The van der Waals surface area contributed by atoms with Crippen molar-refractivity contribution in [3.63, 3.8) is 0 Å². The van der Waals surface area contributed by atoms with Crippen molar-refractivity contribution in [2.45, 2.75) is 31.1 Å². The number of hydrogen-bond acceptors (Lipinski definition) is 4. The Bertz CT molecular complexity index is 384. The average Bonchev–Trinajstić information content (AvgIpc) is 2.37. The summed E-state index contributed by atoms with van der Waals surface area (Å²) >= 11 is 1.05. The fourth-order valence-corrected chi connectivity index (χ4v) is 1.87. The van der Waals surface area contributed by atoms with Gasteiger partial charge >= 0.3 is 5.30 Å². The van der Waals surface area contributed by atoms with Crippen LogP contribution in [0.15, 0.2) is 29.2 Å². The fourth-order valence-electron chi connectivity index (χ4n) is 1.32. The lowest BCUT2D eigenvalue weighted by Crippen LogP contribution is -1.97. The number of methoxy groups -OCH3 is 1. The minimum Gasteiger partial charge on any atom is -0.461 e. The molecule has 0 radical (unpaired) electrons. The van der Waals surface area contributed by atoms with Crippen LogP contribution in [0.1, 0.15) is 25.3 Å². The van der Waals surface area contributed by atoms with Gasteiger partial charge in [-0.2, -0.15) is 0 Å². The Morgan fingerprint density at radius 2 is 1.88 bits per heavy atom. The molecule has 0 aromatic heterocycles. The molecule has 1 rings (SSSR count). The molecule has 0 heterocycles. The molecule has 0 spiro atoms. The highest BCUT2D eigenvalue weighted by Gasteiger charge is 2.04. The molecule has 0 fully saturated rings. The predicted molar refractivity (Wildman–Crippen MR) is 68.3 cm³/mol. The highest BCUT2D eigenvalue weighted by molar-refractivity contribution is 8.13. The maximum Gasteiger partial charge on any atom is 0.371 e. The van der Waals surface area contributed by atoms with Gasteiger partial charge < -0.3 is 4.74 Å². The fraction of sp³-hybridized carbons (Fsp3) is 0.385. The summed E-state index contributed by atoms with van der Waals surface area (Å²) in [5.74, 6) is 0.276. The maximum absolute atomic E-state index is 11.2. The molecule has 0 atom stereocenters. The molecule has 1 aromatic carbocycles. The molecule has 0 saturated carbocycles. The van der Waals surface area contributed by atoms with Gasteiger partial charge in [0.05, 0.1) is 7.11 Å². The van der Waals surface area contributed by atoms with Gasteiger partial charge in [0.1, 0.15) is 5.78 Å². The van der Waals surface area contributed by atoms with Gasteiger partial charge in [-0.05, 0) is 35.9 Å². The summed E-state index contributed by atoms with van der Waals surface area (Å²) in [5, 5.41) is -0.320. The molecule has 0 aliphatic carbocycles. The number of ether oxygens (including phenoxy) is 1. The van der Waals surface area contributed by atoms with E-state index in [1.54, 1.807) is 0 Å². The normalized spacial score (nSPS) is 10.0. The van der Waals surface area contributed by atoms with Crippen molar-refractivity contribution in [1.82, 2.24) is 0 Å². The van der Waals surface area contributed by atoms with Gasteiger partial charge in [0.15, 0.2) is 0 Å². The molecular formula is C13H16O3S. The molecule has 0 aliphatic heterocycles. The monoisotopic (exact) mass is 252 g/mol. The number of rotatable bonds is 5. The van der Waals surface area contributed by atoms with Crippen molar-refractivity contribution in [3.8, 4) is 0 Å². The van der Waals surface area contributed by atoms with Crippen LogP contribution < -0.4 is 0 Å². The van der Waals surface area contributed by atoms with Gasteiger partial charge in [0.2, 0.25) is 0 Å². The Kier molecular flexibility index (Phi) is 5.77. The molecule has 0 N–H and O–H groups in total. The van der Waals surface area contributed by atoms with Crippen LogP contribution in [0, 0.1) is 0 Å². The Morgan fingerprint density at radius 1 is 1.24 bits per heavy atom. The van der Waals surface area contributed by atoms with E-state index in [2.05, 4.69) is 4.74 Å². The zero-order valence-electron chi connectivity index (χ0n) is 10.1. The lowest BCUT2D eigenvalue weighted by Gasteiger charge is -2.02. The minimum absolute atomic E-state index is 0.276. The van der Waals surface area contributed by atoms with E-state index in [0.717, 1.165) is 28.6 Å². The number of thioether (sulfide) groups is 1. The molecule has 92 valence electrons. The molecular weight excluding hydrogens is 236 g/mol. The minimum atomic E-state index is -0.320. The zero-order valence-corrected chi connectivity index (χ0v) is 10.9. The first kappa shape index (κ1) is 13.8. The molecule has 0 unspecified atom stereocenters. The molecule has 0 aliphatic rings. The molecule has 1 aromatic rings.